The van der Waals surface area contributed by atoms with E-state index in [1.165, 1.54) is 0 Å². The Morgan fingerprint density at radius 3 is 2.38 bits per heavy atom. The third-order valence-electron chi connectivity index (χ3n) is 3.01. The molecule has 78 valence electrons. The predicted molar refractivity (Wildman–Crippen MR) is 65.1 cm³/mol. The normalized spacial score (nSPS) is 12.5. The second kappa shape index (κ2) is 3.19. The maximum atomic E-state index is 12.1. The van der Waals surface area contributed by atoms with Crippen LogP contribution in [-0.2, 0) is 0 Å². The lowest BCUT2D eigenvalue weighted by atomic mass is 10.0. The van der Waals surface area contributed by atoms with Crippen LogP contribution in [0.3, 0.4) is 0 Å². The standard InChI is InChI=1S/C14H9ClO/c1-8-6-11-9-4-2-3-5-10(9)14(16)12(11)7-13(8)15/h2-7H,1H3. The molecule has 16 heavy (non-hydrogen) atoms. The number of fused-ring (bicyclic) bond motifs is 3. The number of ketones is 1. The second-order valence-corrected chi connectivity index (χ2v) is 4.43. The largest absolute Gasteiger partial charge is 0.289 e. The molecule has 0 bridgehead atoms. The molecule has 0 radical (unpaired) electrons. The molecule has 0 aliphatic heterocycles. The molecule has 1 aliphatic rings. The lowest BCUT2D eigenvalue weighted by molar-refractivity contribution is 0.104. The Hall–Kier alpha value is -1.60. The molecule has 0 amide bonds. The molecule has 0 saturated carbocycles. The van der Waals surface area contributed by atoms with Crippen LogP contribution in [0.1, 0.15) is 21.5 Å². The number of hydrogen-bond donors (Lipinski definition) is 0. The maximum absolute atomic E-state index is 12.1. The van der Waals surface area contributed by atoms with Crippen molar-refractivity contribution in [3.8, 4) is 11.1 Å². The van der Waals surface area contributed by atoms with E-state index in [1.807, 2.05) is 37.3 Å². The van der Waals surface area contributed by atoms with E-state index in [-0.39, 0.29) is 5.78 Å². The fourth-order valence-corrected chi connectivity index (χ4v) is 2.32. The number of rotatable bonds is 0. The summed E-state index contributed by atoms with van der Waals surface area (Å²) in [6.07, 6.45) is 0. The number of benzene rings is 2. The van der Waals surface area contributed by atoms with Crippen LogP contribution in [0, 0.1) is 6.92 Å². The van der Waals surface area contributed by atoms with Crippen molar-refractivity contribution < 1.29 is 4.79 Å². The lowest BCUT2D eigenvalue weighted by Crippen LogP contribution is -1.94. The molecule has 3 rings (SSSR count). The minimum absolute atomic E-state index is 0.0764. The number of halogens is 1. The number of carbonyl (C=O) groups excluding carboxylic acids is 1. The van der Waals surface area contributed by atoms with Crippen molar-refractivity contribution in [2.75, 3.05) is 0 Å². The Morgan fingerprint density at radius 1 is 0.938 bits per heavy atom. The Morgan fingerprint density at radius 2 is 1.62 bits per heavy atom. The van der Waals surface area contributed by atoms with Gasteiger partial charge in [0.2, 0.25) is 0 Å². The maximum Gasteiger partial charge on any atom is 0.194 e. The van der Waals surface area contributed by atoms with Gasteiger partial charge in [0.1, 0.15) is 0 Å². The van der Waals surface area contributed by atoms with Crippen molar-refractivity contribution in [1.82, 2.24) is 0 Å². The summed E-state index contributed by atoms with van der Waals surface area (Å²) < 4.78 is 0. The van der Waals surface area contributed by atoms with Gasteiger partial charge < -0.3 is 0 Å². The van der Waals surface area contributed by atoms with Gasteiger partial charge in [-0.1, -0.05) is 35.9 Å². The minimum Gasteiger partial charge on any atom is -0.289 e. The summed E-state index contributed by atoms with van der Waals surface area (Å²) in [6.45, 7) is 1.95. The SMILES string of the molecule is Cc1cc2c(cc1Cl)C(=O)c1ccccc1-2. The smallest absolute Gasteiger partial charge is 0.194 e. The number of aryl methyl sites for hydroxylation is 1. The first-order chi connectivity index (χ1) is 7.68. The fraction of sp³-hybridized carbons (Fsp3) is 0.0714. The molecule has 0 N–H and O–H groups in total. The van der Waals surface area contributed by atoms with Gasteiger partial charge >= 0.3 is 0 Å². The molecule has 0 atom stereocenters. The monoisotopic (exact) mass is 228 g/mol. The van der Waals surface area contributed by atoms with Gasteiger partial charge in [0.05, 0.1) is 0 Å². The van der Waals surface area contributed by atoms with Gasteiger partial charge in [-0.3, -0.25) is 4.79 Å². The average molecular weight is 229 g/mol. The van der Waals surface area contributed by atoms with Crippen LogP contribution in [0.15, 0.2) is 36.4 Å². The van der Waals surface area contributed by atoms with Crippen molar-refractivity contribution in [2.45, 2.75) is 6.92 Å². The Bertz CT molecular complexity index is 614. The van der Waals surface area contributed by atoms with Crippen molar-refractivity contribution in [3.05, 3.63) is 58.1 Å². The molecule has 2 heteroatoms. The molecule has 0 heterocycles. The summed E-state index contributed by atoms with van der Waals surface area (Å²) >= 11 is 6.05. The Labute approximate surface area is 98.7 Å². The highest BCUT2D eigenvalue weighted by atomic mass is 35.5. The number of carbonyl (C=O) groups is 1. The van der Waals surface area contributed by atoms with E-state index in [1.54, 1.807) is 6.07 Å². The minimum atomic E-state index is 0.0764. The van der Waals surface area contributed by atoms with Crippen molar-refractivity contribution in [1.29, 1.82) is 0 Å². The van der Waals surface area contributed by atoms with E-state index in [0.29, 0.717) is 5.02 Å². The molecule has 1 aliphatic carbocycles. The van der Waals surface area contributed by atoms with Crippen LogP contribution in [0.25, 0.3) is 11.1 Å². The molecule has 0 unspecified atom stereocenters. The van der Waals surface area contributed by atoms with Crippen LogP contribution in [0.2, 0.25) is 5.02 Å². The molecule has 1 nitrogen and oxygen atoms in total. The molecular weight excluding hydrogens is 220 g/mol. The van der Waals surface area contributed by atoms with E-state index in [2.05, 4.69) is 0 Å². The van der Waals surface area contributed by atoms with Crippen LogP contribution >= 0.6 is 11.6 Å². The molecule has 0 aromatic heterocycles. The van der Waals surface area contributed by atoms with Gasteiger partial charge in [0.15, 0.2) is 5.78 Å². The molecular formula is C14H9ClO. The summed E-state index contributed by atoms with van der Waals surface area (Å²) in [5.41, 5.74) is 4.52. The third kappa shape index (κ3) is 1.15. The van der Waals surface area contributed by atoms with Crippen LogP contribution in [0.5, 0.6) is 0 Å². The first-order valence-corrected chi connectivity index (χ1v) is 5.50. The van der Waals surface area contributed by atoms with E-state index in [9.17, 15) is 4.79 Å². The van der Waals surface area contributed by atoms with Gasteiger partial charge in [0, 0.05) is 16.1 Å². The molecule has 0 saturated heterocycles. The first-order valence-electron chi connectivity index (χ1n) is 5.13. The van der Waals surface area contributed by atoms with E-state index < -0.39 is 0 Å². The zero-order valence-corrected chi connectivity index (χ0v) is 9.51. The highest BCUT2D eigenvalue weighted by Crippen LogP contribution is 2.38. The molecule has 2 aromatic carbocycles. The van der Waals surface area contributed by atoms with Crippen molar-refractivity contribution >= 4 is 17.4 Å². The first kappa shape index (κ1) is 9.61. The third-order valence-corrected chi connectivity index (χ3v) is 3.41. The van der Waals surface area contributed by atoms with Gasteiger partial charge in [-0.05, 0) is 35.7 Å². The molecule has 2 aromatic rings. The van der Waals surface area contributed by atoms with E-state index >= 15 is 0 Å². The lowest BCUT2D eigenvalue weighted by Gasteiger charge is -2.03. The van der Waals surface area contributed by atoms with Gasteiger partial charge in [0.25, 0.3) is 0 Å². The summed E-state index contributed by atoms with van der Waals surface area (Å²) in [7, 11) is 0. The number of hydrogen-bond acceptors (Lipinski definition) is 1. The van der Waals surface area contributed by atoms with Crippen LogP contribution in [0.4, 0.5) is 0 Å². The average Bonchev–Trinajstić information content (AvgIpc) is 2.55. The Kier molecular flexibility index (Phi) is 1.92. The Balaban J connectivity index is 2.38. The van der Waals surface area contributed by atoms with Crippen LogP contribution < -0.4 is 0 Å². The topological polar surface area (TPSA) is 17.1 Å². The van der Waals surface area contributed by atoms with Crippen LogP contribution in [-0.4, -0.2) is 5.78 Å². The van der Waals surface area contributed by atoms with Crippen molar-refractivity contribution in [3.63, 3.8) is 0 Å². The molecule has 0 fully saturated rings. The zero-order chi connectivity index (χ0) is 11.3. The summed E-state index contributed by atoms with van der Waals surface area (Å²) in [6, 6.07) is 11.4. The summed E-state index contributed by atoms with van der Waals surface area (Å²) in [5, 5.41) is 0.653. The zero-order valence-electron chi connectivity index (χ0n) is 8.75. The van der Waals surface area contributed by atoms with Gasteiger partial charge in [-0.2, -0.15) is 0 Å². The van der Waals surface area contributed by atoms with E-state index in [4.69, 9.17) is 11.6 Å². The van der Waals surface area contributed by atoms with E-state index in [0.717, 1.165) is 27.8 Å². The highest BCUT2D eigenvalue weighted by Gasteiger charge is 2.26. The highest BCUT2D eigenvalue weighted by molar-refractivity contribution is 6.33. The summed E-state index contributed by atoms with van der Waals surface area (Å²) in [5.74, 6) is 0.0764. The predicted octanol–water partition coefficient (Wildman–Crippen LogP) is 3.86. The quantitative estimate of drug-likeness (QED) is 0.571. The molecule has 0 spiro atoms. The van der Waals surface area contributed by atoms with Gasteiger partial charge in [-0.25, -0.2) is 0 Å². The fourth-order valence-electron chi connectivity index (χ4n) is 2.15. The van der Waals surface area contributed by atoms with Gasteiger partial charge in [-0.15, -0.1) is 0 Å². The summed E-state index contributed by atoms with van der Waals surface area (Å²) in [4.78, 5) is 12.1. The van der Waals surface area contributed by atoms with Crippen molar-refractivity contribution in [2.24, 2.45) is 0 Å². The second-order valence-electron chi connectivity index (χ2n) is 4.02.